The van der Waals surface area contributed by atoms with E-state index in [9.17, 15) is 19.7 Å². The van der Waals surface area contributed by atoms with Crippen LogP contribution in [0.4, 0.5) is 5.69 Å². The van der Waals surface area contributed by atoms with Crippen LogP contribution in [0.2, 0.25) is 0 Å². The molecule has 3 aromatic carbocycles. The van der Waals surface area contributed by atoms with Crippen molar-refractivity contribution in [2.24, 2.45) is 0 Å². The van der Waals surface area contributed by atoms with Gasteiger partial charge in [0.05, 0.1) is 12.0 Å². The van der Waals surface area contributed by atoms with Gasteiger partial charge in [0.15, 0.2) is 6.61 Å². The van der Waals surface area contributed by atoms with Gasteiger partial charge in [-0.2, -0.15) is 0 Å². The van der Waals surface area contributed by atoms with E-state index in [0.717, 1.165) is 36.8 Å². The highest BCUT2D eigenvalue weighted by Gasteiger charge is 2.32. The number of benzene rings is 3. The Labute approximate surface area is 227 Å². The van der Waals surface area contributed by atoms with Crippen molar-refractivity contribution < 1.29 is 24.0 Å². The standard InChI is InChI=1S/C30H33N3O6/c1-38-28-19-25(16-17-26(28)33(36)37)39-21-29(34)32(20-23-12-6-3-7-13-23)27(18-22-10-4-2-5-11-22)30(35)31-24-14-8-9-15-24/h2-7,10-13,16-17,19,24,27H,8-9,14-15,18,20-21H2,1H3,(H,31,35). The summed E-state index contributed by atoms with van der Waals surface area (Å²) < 4.78 is 10.9. The van der Waals surface area contributed by atoms with Gasteiger partial charge in [0.2, 0.25) is 11.7 Å². The van der Waals surface area contributed by atoms with Crippen LogP contribution in [0.5, 0.6) is 11.5 Å². The van der Waals surface area contributed by atoms with Crippen molar-refractivity contribution in [3.05, 3.63) is 100 Å². The number of hydrogen-bond acceptors (Lipinski definition) is 6. The second kappa shape index (κ2) is 13.4. The van der Waals surface area contributed by atoms with Crippen LogP contribution in [0.15, 0.2) is 78.9 Å². The minimum Gasteiger partial charge on any atom is -0.490 e. The van der Waals surface area contributed by atoms with Gasteiger partial charge >= 0.3 is 5.69 Å². The average molecular weight is 532 g/mol. The van der Waals surface area contributed by atoms with Gasteiger partial charge in [-0.3, -0.25) is 19.7 Å². The van der Waals surface area contributed by atoms with Gasteiger partial charge in [0.1, 0.15) is 11.8 Å². The minimum absolute atomic E-state index is 0.0315. The van der Waals surface area contributed by atoms with Crippen LogP contribution in [-0.4, -0.2) is 47.4 Å². The molecule has 1 saturated carbocycles. The number of nitrogens with one attached hydrogen (secondary N) is 1. The van der Waals surface area contributed by atoms with Crippen molar-refractivity contribution in [2.45, 2.75) is 50.7 Å². The number of carbonyl (C=O) groups excluding carboxylic acids is 2. The number of hydrogen-bond donors (Lipinski definition) is 1. The minimum atomic E-state index is -0.754. The second-order valence-electron chi connectivity index (χ2n) is 9.58. The van der Waals surface area contributed by atoms with Crippen molar-refractivity contribution in [3.8, 4) is 11.5 Å². The summed E-state index contributed by atoms with van der Waals surface area (Å²) in [6, 6.07) is 22.6. The third kappa shape index (κ3) is 7.56. The molecule has 0 spiro atoms. The van der Waals surface area contributed by atoms with E-state index in [2.05, 4.69) is 5.32 Å². The zero-order valence-corrected chi connectivity index (χ0v) is 22.0. The molecule has 3 aromatic rings. The van der Waals surface area contributed by atoms with Crippen molar-refractivity contribution in [2.75, 3.05) is 13.7 Å². The third-order valence-electron chi connectivity index (χ3n) is 6.88. The summed E-state index contributed by atoms with van der Waals surface area (Å²) in [5.74, 6) is -0.282. The lowest BCUT2D eigenvalue weighted by Gasteiger charge is -2.32. The largest absolute Gasteiger partial charge is 0.490 e. The highest BCUT2D eigenvalue weighted by Crippen LogP contribution is 2.31. The number of rotatable bonds is 12. The number of nitro groups is 1. The van der Waals surface area contributed by atoms with Crippen LogP contribution in [0.25, 0.3) is 0 Å². The zero-order valence-electron chi connectivity index (χ0n) is 22.0. The molecule has 1 N–H and O–H groups in total. The Balaban J connectivity index is 1.59. The molecule has 0 aliphatic heterocycles. The van der Waals surface area contributed by atoms with E-state index in [0.29, 0.717) is 6.42 Å². The molecule has 2 amide bonds. The van der Waals surface area contributed by atoms with Gasteiger partial charge in [-0.25, -0.2) is 0 Å². The van der Waals surface area contributed by atoms with Crippen LogP contribution in [0.3, 0.4) is 0 Å². The summed E-state index contributed by atoms with van der Waals surface area (Å²) in [7, 11) is 1.33. The van der Waals surface area contributed by atoms with Crippen molar-refractivity contribution in [1.29, 1.82) is 0 Å². The highest BCUT2D eigenvalue weighted by atomic mass is 16.6. The Hall–Kier alpha value is -4.40. The van der Waals surface area contributed by atoms with Crippen LogP contribution >= 0.6 is 0 Å². The lowest BCUT2D eigenvalue weighted by molar-refractivity contribution is -0.385. The predicted octanol–water partition coefficient (Wildman–Crippen LogP) is 4.68. The molecule has 0 aromatic heterocycles. The van der Waals surface area contributed by atoms with E-state index < -0.39 is 11.0 Å². The Bertz CT molecular complexity index is 1260. The fourth-order valence-corrected chi connectivity index (χ4v) is 4.83. The first-order valence-electron chi connectivity index (χ1n) is 13.1. The number of methoxy groups -OCH3 is 1. The Morgan fingerprint density at radius 1 is 1.00 bits per heavy atom. The first-order chi connectivity index (χ1) is 18.9. The molecule has 4 rings (SSSR count). The SMILES string of the molecule is COc1cc(OCC(=O)N(Cc2ccccc2)C(Cc2ccccc2)C(=O)NC2CCCC2)ccc1[N+](=O)[O-]. The molecule has 1 fully saturated rings. The first kappa shape index (κ1) is 27.6. The summed E-state index contributed by atoms with van der Waals surface area (Å²) in [5, 5.41) is 14.4. The maximum Gasteiger partial charge on any atom is 0.311 e. The quantitative estimate of drug-likeness (QED) is 0.268. The first-order valence-corrected chi connectivity index (χ1v) is 13.1. The van der Waals surface area contributed by atoms with Crippen LogP contribution in [0.1, 0.15) is 36.8 Å². The van der Waals surface area contributed by atoms with Gasteiger partial charge in [0.25, 0.3) is 5.91 Å². The van der Waals surface area contributed by atoms with E-state index in [4.69, 9.17) is 9.47 Å². The molecular weight excluding hydrogens is 498 g/mol. The fraction of sp³-hybridized carbons (Fsp3) is 0.333. The molecule has 9 nitrogen and oxygen atoms in total. The molecule has 9 heteroatoms. The number of ether oxygens (including phenoxy) is 2. The zero-order chi connectivity index (χ0) is 27.6. The number of nitro benzene ring substituents is 1. The molecule has 1 unspecified atom stereocenters. The highest BCUT2D eigenvalue weighted by molar-refractivity contribution is 5.88. The Morgan fingerprint density at radius 3 is 2.26 bits per heavy atom. The molecule has 39 heavy (non-hydrogen) atoms. The monoisotopic (exact) mass is 531 g/mol. The number of amides is 2. The molecule has 0 saturated heterocycles. The fourth-order valence-electron chi connectivity index (χ4n) is 4.83. The summed E-state index contributed by atoms with van der Waals surface area (Å²) in [4.78, 5) is 39.6. The average Bonchev–Trinajstić information content (AvgIpc) is 3.47. The topological polar surface area (TPSA) is 111 Å². The molecule has 204 valence electrons. The van der Waals surface area contributed by atoms with Crippen LogP contribution in [-0.2, 0) is 22.6 Å². The van der Waals surface area contributed by atoms with Gasteiger partial charge in [-0.15, -0.1) is 0 Å². The van der Waals surface area contributed by atoms with Crippen LogP contribution in [0, 0.1) is 10.1 Å². The lowest BCUT2D eigenvalue weighted by atomic mass is 10.0. The summed E-state index contributed by atoms with van der Waals surface area (Å²) in [6.45, 7) is -0.127. The summed E-state index contributed by atoms with van der Waals surface area (Å²) >= 11 is 0. The molecule has 1 atom stereocenters. The van der Waals surface area contributed by atoms with Gasteiger partial charge < -0.3 is 19.7 Å². The van der Waals surface area contributed by atoms with E-state index in [1.54, 1.807) is 4.90 Å². The molecule has 0 radical (unpaired) electrons. The molecule has 0 bridgehead atoms. The molecule has 1 aliphatic carbocycles. The van der Waals surface area contributed by atoms with E-state index in [-0.39, 0.29) is 48.2 Å². The van der Waals surface area contributed by atoms with Crippen LogP contribution < -0.4 is 14.8 Å². The van der Waals surface area contributed by atoms with Gasteiger partial charge in [-0.05, 0) is 30.0 Å². The van der Waals surface area contributed by atoms with Crippen molar-refractivity contribution in [1.82, 2.24) is 10.2 Å². The van der Waals surface area contributed by atoms with E-state index >= 15 is 0 Å². The Morgan fingerprint density at radius 2 is 1.64 bits per heavy atom. The predicted molar refractivity (Wildman–Crippen MR) is 146 cm³/mol. The number of carbonyl (C=O) groups is 2. The van der Waals surface area contributed by atoms with Crippen molar-refractivity contribution >= 4 is 17.5 Å². The second-order valence-corrected chi connectivity index (χ2v) is 9.58. The molecule has 1 aliphatic rings. The molecular formula is C30H33N3O6. The van der Waals surface area contributed by atoms with Gasteiger partial charge in [0, 0.05) is 31.1 Å². The van der Waals surface area contributed by atoms with Gasteiger partial charge in [-0.1, -0.05) is 73.5 Å². The lowest BCUT2D eigenvalue weighted by Crippen LogP contribution is -2.53. The summed E-state index contributed by atoms with van der Waals surface area (Å²) in [6.07, 6.45) is 4.37. The summed E-state index contributed by atoms with van der Waals surface area (Å²) in [5.41, 5.74) is 1.62. The Kier molecular flexibility index (Phi) is 9.50. The molecule has 0 heterocycles. The van der Waals surface area contributed by atoms with E-state index in [1.165, 1.54) is 25.3 Å². The maximum absolute atomic E-state index is 13.7. The maximum atomic E-state index is 13.7. The normalized spacial score (nSPS) is 13.9. The number of nitrogens with zero attached hydrogens (tertiary/aromatic N) is 2. The van der Waals surface area contributed by atoms with E-state index in [1.807, 2.05) is 60.7 Å². The third-order valence-corrected chi connectivity index (χ3v) is 6.88. The smallest absolute Gasteiger partial charge is 0.311 e. The van der Waals surface area contributed by atoms with Crippen molar-refractivity contribution in [3.63, 3.8) is 0 Å².